The number of ether oxygens (including phenoxy) is 1. The van der Waals surface area contributed by atoms with Crippen molar-refractivity contribution in [3.63, 3.8) is 0 Å². The van der Waals surface area contributed by atoms with Crippen LogP contribution >= 0.6 is 0 Å². The van der Waals surface area contributed by atoms with Crippen LogP contribution in [-0.4, -0.2) is 17.5 Å². The first-order valence-electron chi connectivity index (χ1n) is 8.13. The zero-order chi connectivity index (χ0) is 17.6. The van der Waals surface area contributed by atoms with Crippen molar-refractivity contribution in [2.75, 3.05) is 11.9 Å². The summed E-state index contributed by atoms with van der Waals surface area (Å²) in [5, 5.41) is 2.98. The first-order valence-corrected chi connectivity index (χ1v) is 8.13. The molecule has 1 amide bonds. The molecule has 1 aliphatic rings. The van der Waals surface area contributed by atoms with E-state index in [-0.39, 0.29) is 11.8 Å². The molecule has 1 aromatic heterocycles. The van der Waals surface area contributed by atoms with E-state index < -0.39 is 0 Å². The smallest absolute Gasteiger partial charge is 0.231 e. The first-order chi connectivity index (χ1) is 12.2. The number of carbonyl (C=O) groups is 1. The molecule has 25 heavy (non-hydrogen) atoms. The number of nitrogens with zero attached hydrogens (tertiary/aromatic N) is 1. The van der Waals surface area contributed by atoms with Crippen LogP contribution in [0.2, 0.25) is 0 Å². The molecule has 1 aromatic carbocycles. The van der Waals surface area contributed by atoms with Crippen LogP contribution in [0.3, 0.4) is 0 Å². The summed E-state index contributed by atoms with van der Waals surface area (Å²) in [5.41, 5.74) is 3.75. The zero-order valence-corrected chi connectivity index (χ0v) is 13.9. The number of anilines is 1. The number of hydrogen-bond acceptors (Lipinski definition) is 3. The van der Waals surface area contributed by atoms with E-state index in [1.807, 2.05) is 36.4 Å². The minimum Gasteiger partial charge on any atom is -0.492 e. The van der Waals surface area contributed by atoms with E-state index in [0.29, 0.717) is 18.8 Å². The molecule has 1 aliphatic heterocycles. The monoisotopic (exact) mass is 332 g/mol. The van der Waals surface area contributed by atoms with E-state index in [1.165, 1.54) is 0 Å². The fraction of sp³-hybridized carbons (Fsp3) is 0.143. The minimum absolute atomic E-state index is 0.0608. The van der Waals surface area contributed by atoms with Crippen LogP contribution in [0.5, 0.6) is 0 Å². The summed E-state index contributed by atoms with van der Waals surface area (Å²) in [6.45, 7) is 7.85. The number of benzene rings is 1. The molecule has 0 spiro atoms. The molecular weight excluding hydrogens is 312 g/mol. The van der Waals surface area contributed by atoms with Crippen molar-refractivity contribution in [1.29, 1.82) is 0 Å². The second-order valence-corrected chi connectivity index (χ2v) is 5.82. The van der Waals surface area contributed by atoms with Gasteiger partial charge in [0.25, 0.3) is 0 Å². The molecule has 1 N–H and O–H groups in total. The lowest BCUT2D eigenvalue weighted by molar-refractivity contribution is -0.121. The van der Waals surface area contributed by atoms with E-state index >= 15 is 0 Å². The highest BCUT2D eigenvalue weighted by atomic mass is 16.5. The quantitative estimate of drug-likeness (QED) is 0.885. The average Bonchev–Trinajstić information content (AvgIpc) is 2.68. The Kier molecular flexibility index (Phi) is 5.09. The second-order valence-electron chi connectivity index (χ2n) is 5.82. The van der Waals surface area contributed by atoms with Gasteiger partial charge in [-0.3, -0.25) is 9.78 Å². The van der Waals surface area contributed by atoms with Crippen molar-refractivity contribution in [1.82, 2.24) is 4.98 Å². The Labute approximate surface area is 147 Å². The van der Waals surface area contributed by atoms with Crippen LogP contribution < -0.4 is 5.32 Å². The van der Waals surface area contributed by atoms with Crippen LogP contribution in [0.25, 0.3) is 11.1 Å². The van der Waals surface area contributed by atoms with Crippen molar-refractivity contribution in [2.45, 2.75) is 6.42 Å². The van der Waals surface area contributed by atoms with Crippen LogP contribution in [0.15, 0.2) is 85.4 Å². The fourth-order valence-electron chi connectivity index (χ4n) is 2.82. The Morgan fingerprint density at radius 2 is 1.96 bits per heavy atom. The third-order valence-electron chi connectivity index (χ3n) is 4.17. The van der Waals surface area contributed by atoms with Gasteiger partial charge in [-0.05, 0) is 53.5 Å². The molecule has 0 saturated carbocycles. The summed E-state index contributed by atoms with van der Waals surface area (Å²) in [7, 11) is 0. The lowest BCUT2D eigenvalue weighted by atomic mass is 9.95. The highest BCUT2D eigenvalue weighted by Crippen LogP contribution is 2.27. The van der Waals surface area contributed by atoms with Crippen LogP contribution in [-0.2, 0) is 9.53 Å². The molecule has 2 heterocycles. The molecule has 0 fully saturated rings. The van der Waals surface area contributed by atoms with E-state index in [0.717, 1.165) is 22.4 Å². The predicted molar refractivity (Wildman–Crippen MR) is 99.8 cm³/mol. The predicted octanol–water partition coefficient (Wildman–Crippen LogP) is 4.35. The topological polar surface area (TPSA) is 51.2 Å². The number of hydrogen-bond donors (Lipinski definition) is 1. The molecule has 2 aromatic rings. The van der Waals surface area contributed by atoms with Gasteiger partial charge in [-0.25, -0.2) is 0 Å². The number of carbonyl (C=O) groups excluding carboxylic acids is 1. The highest BCUT2D eigenvalue weighted by molar-refractivity contribution is 5.93. The SMILES string of the molecule is C=CC1=C(C=C)OCC(C(=O)Nc2cccc(-c3ccncc3)c2)C1. The Balaban J connectivity index is 1.73. The van der Waals surface area contributed by atoms with E-state index in [9.17, 15) is 4.79 Å². The standard InChI is InChI=1S/C21H20N2O2/c1-3-15-12-18(14-25-20(15)4-2)21(24)23-19-7-5-6-17(13-19)16-8-10-22-11-9-16/h3-11,13,18H,1-2,12,14H2,(H,23,24). The highest BCUT2D eigenvalue weighted by Gasteiger charge is 2.25. The van der Waals surface area contributed by atoms with E-state index in [2.05, 4.69) is 23.5 Å². The van der Waals surface area contributed by atoms with Crippen LogP contribution in [0.1, 0.15) is 6.42 Å². The summed E-state index contributed by atoms with van der Waals surface area (Å²) in [6.07, 6.45) is 7.48. The van der Waals surface area contributed by atoms with Crippen molar-refractivity contribution < 1.29 is 9.53 Å². The van der Waals surface area contributed by atoms with Gasteiger partial charge in [0, 0.05) is 18.1 Å². The molecule has 3 rings (SSSR count). The average molecular weight is 332 g/mol. The summed E-state index contributed by atoms with van der Waals surface area (Å²) < 4.78 is 5.62. The van der Waals surface area contributed by atoms with Gasteiger partial charge in [0.15, 0.2) is 0 Å². The van der Waals surface area contributed by atoms with Gasteiger partial charge >= 0.3 is 0 Å². The summed E-state index contributed by atoms with van der Waals surface area (Å²) >= 11 is 0. The molecule has 0 bridgehead atoms. The summed E-state index contributed by atoms with van der Waals surface area (Å²) in [5.74, 6) is 0.398. The molecule has 126 valence electrons. The molecule has 0 aliphatic carbocycles. The molecule has 1 unspecified atom stereocenters. The number of amides is 1. The second kappa shape index (κ2) is 7.62. The first kappa shape index (κ1) is 16.7. The maximum absolute atomic E-state index is 12.6. The van der Waals surface area contributed by atoms with Crippen LogP contribution in [0.4, 0.5) is 5.69 Å². The third-order valence-corrected chi connectivity index (χ3v) is 4.17. The number of rotatable bonds is 5. The molecule has 1 atom stereocenters. The minimum atomic E-state index is -0.249. The lowest BCUT2D eigenvalue weighted by Gasteiger charge is -2.24. The molecule has 4 nitrogen and oxygen atoms in total. The van der Waals surface area contributed by atoms with Gasteiger partial charge in [-0.1, -0.05) is 31.4 Å². The van der Waals surface area contributed by atoms with Crippen LogP contribution in [0, 0.1) is 5.92 Å². The molecule has 4 heteroatoms. The van der Waals surface area contributed by atoms with Gasteiger partial charge in [0.2, 0.25) is 5.91 Å². The van der Waals surface area contributed by atoms with Gasteiger partial charge in [-0.15, -0.1) is 0 Å². The maximum Gasteiger partial charge on any atom is 0.231 e. The van der Waals surface area contributed by atoms with Crippen molar-refractivity contribution in [3.05, 3.63) is 85.4 Å². The number of allylic oxidation sites excluding steroid dienone is 3. The fourth-order valence-corrected chi connectivity index (χ4v) is 2.82. The van der Waals surface area contributed by atoms with Gasteiger partial charge in [0.05, 0.1) is 5.92 Å². The maximum atomic E-state index is 12.6. The van der Waals surface area contributed by atoms with Crippen molar-refractivity contribution >= 4 is 11.6 Å². The van der Waals surface area contributed by atoms with Gasteiger partial charge in [0.1, 0.15) is 12.4 Å². The van der Waals surface area contributed by atoms with Crippen molar-refractivity contribution in [2.24, 2.45) is 5.92 Å². The molecule has 0 saturated heterocycles. The van der Waals surface area contributed by atoms with E-state index in [4.69, 9.17) is 4.74 Å². The summed E-state index contributed by atoms with van der Waals surface area (Å²) in [6, 6.07) is 11.6. The molecule has 0 radical (unpaired) electrons. The number of nitrogens with one attached hydrogen (secondary N) is 1. The van der Waals surface area contributed by atoms with Crippen molar-refractivity contribution in [3.8, 4) is 11.1 Å². The normalized spacial score (nSPS) is 16.7. The third kappa shape index (κ3) is 3.86. The Hall–Kier alpha value is -3.14. The Morgan fingerprint density at radius 3 is 2.68 bits per heavy atom. The van der Waals surface area contributed by atoms with Gasteiger partial charge in [-0.2, -0.15) is 0 Å². The van der Waals surface area contributed by atoms with Gasteiger partial charge < -0.3 is 10.1 Å². The lowest BCUT2D eigenvalue weighted by Crippen LogP contribution is -2.29. The molecular formula is C21H20N2O2. The van der Waals surface area contributed by atoms with E-state index in [1.54, 1.807) is 24.5 Å². The summed E-state index contributed by atoms with van der Waals surface area (Å²) in [4.78, 5) is 16.6. The Morgan fingerprint density at radius 1 is 1.16 bits per heavy atom. The largest absolute Gasteiger partial charge is 0.492 e. The zero-order valence-electron chi connectivity index (χ0n) is 13.9. The Bertz CT molecular complexity index is 825. The number of aromatic nitrogens is 1. The number of pyridine rings is 1.